The Hall–Kier alpha value is -1.23. The van der Waals surface area contributed by atoms with Gasteiger partial charge >= 0.3 is 0 Å². The second-order valence-electron chi connectivity index (χ2n) is 4.13. The van der Waals surface area contributed by atoms with Gasteiger partial charge in [0.05, 0.1) is 5.54 Å². The van der Waals surface area contributed by atoms with Crippen LogP contribution in [0.2, 0.25) is 0 Å². The van der Waals surface area contributed by atoms with Crippen molar-refractivity contribution in [2.45, 2.75) is 31.2 Å². The van der Waals surface area contributed by atoms with E-state index in [4.69, 9.17) is 0 Å². The minimum atomic E-state index is -0.402. The highest BCUT2D eigenvalue weighted by atomic mass is 16.1. The molecule has 0 aliphatic heterocycles. The zero-order valence-electron chi connectivity index (χ0n) is 9.16. The molecule has 1 aromatic heterocycles. The molecule has 5 heteroatoms. The van der Waals surface area contributed by atoms with Crippen molar-refractivity contribution in [1.82, 2.24) is 20.1 Å². The van der Waals surface area contributed by atoms with Crippen LogP contribution in [0.4, 0.5) is 0 Å². The van der Waals surface area contributed by atoms with Crippen LogP contribution in [0.3, 0.4) is 0 Å². The highest BCUT2D eigenvalue weighted by Crippen LogP contribution is 2.31. The SMILES string of the molecule is CNC1(C(=O)c2nncn2C)CCCC1. The second kappa shape index (κ2) is 3.73. The molecule has 1 aromatic rings. The number of aryl methyl sites for hydroxylation is 1. The summed E-state index contributed by atoms with van der Waals surface area (Å²) < 4.78 is 1.68. The second-order valence-corrected chi connectivity index (χ2v) is 4.13. The molecular weight excluding hydrogens is 192 g/mol. The van der Waals surface area contributed by atoms with E-state index < -0.39 is 5.54 Å². The number of nitrogens with zero attached hydrogens (tertiary/aromatic N) is 3. The van der Waals surface area contributed by atoms with Crippen molar-refractivity contribution in [2.75, 3.05) is 7.05 Å². The van der Waals surface area contributed by atoms with Crippen LogP contribution in [0.5, 0.6) is 0 Å². The van der Waals surface area contributed by atoms with E-state index >= 15 is 0 Å². The molecule has 0 saturated heterocycles. The van der Waals surface area contributed by atoms with Crippen LogP contribution in [-0.4, -0.2) is 33.1 Å². The predicted octanol–water partition coefficient (Wildman–Crippen LogP) is 0.530. The lowest BCUT2D eigenvalue weighted by Gasteiger charge is -2.25. The fraction of sp³-hybridized carbons (Fsp3) is 0.700. The molecule has 82 valence electrons. The van der Waals surface area contributed by atoms with Gasteiger partial charge in [-0.15, -0.1) is 10.2 Å². The van der Waals surface area contributed by atoms with Gasteiger partial charge in [-0.1, -0.05) is 12.8 Å². The summed E-state index contributed by atoms with van der Waals surface area (Å²) >= 11 is 0. The third-order valence-electron chi connectivity index (χ3n) is 3.28. The maximum Gasteiger partial charge on any atom is 0.220 e. The van der Waals surface area contributed by atoms with E-state index in [1.165, 1.54) is 0 Å². The van der Waals surface area contributed by atoms with E-state index in [9.17, 15) is 4.79 Å². The number of ketones is 1. The van der Waals surface area contributed by atoms with Gasteiger partial charge in [-0.3, -0.25) is 4.79 Å². The van der Waals surface area contributed by atoms with Gasteiger partial charge in [0, 0.05) is 7.05 Å². The molecular formula is C10H16N4O. The summed E-state index contributed by atoms with van der Waals surface area (Å²) in [5.74, 6) is 0.522. The Morgan fingerprint density at radius 2 is 2.20 bits per heavy atom. The third kappa shape index (κ3) is 1.56. The number of Topliss-reactive ketones (excluding diaryl/α,β-unsaturated/α-hetero) is 1. The topological polar surface area (TPSA) is 59.8 Å². The molecule has 1 aliphatic rings. The van der Waals surface area contributed by atoms with E-state index in [0.29, 0.717) is 5.82 Å². The zero-order chi connectivity index (χ0) is 10.9. The van der Waals surface area contributed by atoms with Gasteiger partial charge < -0.3 is 9.88 Å². The number of aromatic nitrogens is 3. The lowest BCUT2D eigenvalue weighted by molar-refractivity contribution is 0.0848. The molecule has 1 fully saturated rings. The number of hydrogen-bond acceptors (Lipinski definition) is 4. The Labute approximate surface area is 88.9 Å². The molecule has 0 bridgehead atoms. The first-order valence-corrected chi connectivity index (χ1v) is 5.27. The molecule has 0 aromatic carbocycles. The van der Waals surface area contributed by atoms with E-state index in [-0.39, 0.29) is 5.78 Å². The maximum absolute atomic E-state index is 12.3. The summed E-state index contributed by atoms with van der Waals surface area (Å²) in [5, 5.41) is 10.8. The van der Waals surface area contributed by atoms with Crippen LogP contribution in [-0.2, 0) is 7.05 Å². The summed E-state index contributed by atoms with van der Waals surface area (Å²) in [6.07, 6.45) is 5.56. The lowest BCUT2D eigenvalue weighted by atomic mass is 9.91. The Balaban J connectivity index is 2.30. The fourth-order valence-corrected chi connectivity index (χ4v) is 2.27. The van der Waals surface area contributed by atoms with Gasteiger partial charge in [0.1, 0.15) is 6.33 Å². The first kappa shape index (κ1) is 10.3. The molecule has 1 N–H and O–H groups in total. The van der Waals surface area contributed by atoms with Crippen LogP contribution < -0.4 is 5.32 Å². The average molecular weight is 208 g/mol. The lowest BCUT2D eigenvalue weighted by Crippen LogP contribution is -2.48. The predicted molar refractivity (Wildman–Crippen MR) is 55.6 cm³/mol. The number of carbonyl (C=O) groups excluding carboxylic acids is 1. The van der Waals surface area contributed by atoms with Gasteiger partial charge in [-0.2, -0.15) is 0 Å². The van der Waals surface area contributed by atoms with Crippen LogP contribution >= 0.6 is 0 Å². The van der Waals surface area contributed by atoms with Crippen molar-refractivity contribution in [3.8, 4) is 0 Å². The summed E-state index contributed by atoms with van der Waals surface area (Å²) in [6.45, 7) is 0. The first-order chi connectivity index (χ1) is 7.19. The molecule has 5 nitrogen and oxygen atoms in total. The van der Waals surface area contributed by atoms with Crippen molar-refractivity contribution in [2.24, 2.45) is 7.05 Å². The summed E-state index contributed by atoms with van der Waals surface area (Å²) in [4.78, 5) is 12.3. The molecule has 2 rings (SSSR count). The average Bonchev–Trinajstić information content (AvgIpc) is 2.86. The highest BCUT2D eigenvalue weighted by molar-refractivity contribution is 6.00. The molecule has 0 unspecified atom stereocenters. The Kier molecular flexibility index (Phi) is 2.56. The maximum atomic E-state index is 12.3. The molecule has 0 spiro atoms. The van der Waals surface area contributed by atoms with E-state index in [2.05, 4.69) is 15.5 Å². The largest absolute Gasteiger partial charge is 0.314 e. The van der Waals surface area contributed by atoms with E-state index in [1.807, 2.05) is 7.05 Å². The molecule has 1 saturated carbocycles. The van der Waals surface area contributed by atoms with Gasteiger partial charge in [-0.25, -0.2) is 0 Å². The normalized spacial score (nSPS) is 19.3. The van der Waals surface area contributed by atoms with Crippen LogP contribution in [0, 0.1) is 0 Å². The quantitative estimate of drug-likeness (QED) is 0.736. The third-order valence-corrected chi connectivity index (χ3v) is 3.28. The summed E-state index contributed by atoms with van der Waals surface area (Å²) in [7, 11) is 3.64. The van der Waals surface area contributed by atoms with Gasteiger partial charge in [0.15, 0.2) is 0 Å². The molecule has 15 heavy (non-hydrogen) atoms. The number of nitrogens with one attached hydrogen (secondary N) is 1. The van der Waals surface area contributed by atoms with E-state index in [1.54, 1.807) is 17.9 Å². The molecule has 1 heterocycles. The number of rotatable bonds is 3. The summed E-state index contributed by atoms with van der Waals surface area (Å²) in [5.41, 5.74) is -0.402. The van der Waals surface area contributed by atoms with Crippen LogP contribution in [0.1, 0.15) is 36.3 Å². The van der Waals surface area contributed by atoms with Crippen molar-refractivity contribution < 1.29 is 4.79 Å². The number of hydrogen-bond donors (Lipinski definition) is 1. The standard InChI is InChI=1S/C10H16N4O/c1-11-10(5-3-4-6-10)8(15)9-13-12-7-14(9)2/h7,11H,3-6H2,1-2H3. The molecule has 1 aliphatic carbocycles. The zero-order valence-corrected chi connectivity index (χ0v) is 9.16. The van der Waals surface area contributed by atoms with Gasteiger partial charge in [0.2, 0.25) is 11.6 Å². The summed E-state index contributed by atoms with van der Waals surface area (Å²) in [6, 6.07) is 0. The number of carbonyl (C=O) groups is 1. The monoisotopic (exact) mass is 208 g/mol. The van der Waals surface area contributed by atoms with Gasteiger partial charge in [-0.05, 0) is 19.9 Å². The van der Waals surface area contributed by atoms with Crippen molar-refractivity contribution in [3.63, 3.8) is 0 Å². The van der Waals surface area contributed by atoms with Crippen molar-refractivity contribution >= 4 is 5.78 Å². The van der Waals surface area contributed by atoms with Gasteiger partial charge in [0.25, 0.3) is 0 Å². The fourth-order valence-electron chi connectivity index (χ4n) is 2.27. The Morgan fingerprint density at radius 1 is 1.53 bits per heavy atom. The number of likely N-dealkylation sites (N-methyl/N-ethyl adjacent to an activating group) is 1. The molecule has 0 atom stereocenters. The van der Waals surface area contributed by atoms with Crippen LogP contribution in [0.15, 0.2) is 6.33 Å². The van der Waals surface area contributed by atoms with E-state index in [0.717, 1.165) is 25.7 Å². The van der Waals surface area contributed by atoms with Crippen molar-refractivity contribution in [3.05, 3.63) is 12.2 Å². The highest BCUT2D eigenvalue weighted by Gasteiger charge is 2.41. The Bertz CT molecular complexity index is 365. The Morgan fingerprint density at radius 3 is 2.67 bits per heavy atom. The smallest absolute Gasteiger partial charge is 0.220 e. The minimum Gasteiger partial charge on any atom is -0.314 e. The van der Waals surface area contributed by atoms with Crippen molar-refractivity contribution in [1.29, 1.82) is 0 Å². The molecule has 0 radical (unpaired) electrons. The minimum absolute atomic E-state index is 0.0718. The first-order valence-electron chi connectivity index (χ1n) is 5.27. The van der Waals surface area contributed by atoms with Crippen LogP contribution in [0.25, 0.3) is 0 Å². The molecule has 0 amide bonds.